The fraction of sp³-hybridized carbons (Fsp3) is 0.462. The van der Waals surface area contributed by atoms with Gasteiger partial charge >= 0.3 is 0 Å². The highest BCUT2D eigenvalue weighted by atomic mass is 35.7. The Morgan fingerprint density at radius 1 is 1.37 bits per heavy atom. The highest BCUT2D eigenvalue weighted by Crippen LogP contribution is 2.17. The fourth-order valence-corrected chi connectivity index (χ4v) is 2.56. The minimum Gasteiger partial charge on any atom is -0.339 e. The second-order valence-corrected chi connectivity index (χ2v) is 7.27. The molecule has 0 heterocycles. The summed E-state index contributed by atoms with van der Waals surface area (Å²) in [6, 6.07) is 5.80. The number of hydrogen-bond donors (Lipinski definition) is 0. The summed E-state index contributed by atoms with van der Waals surface area (Å²) in [4.78, 5) is 13.9. The van der Waals surface area contributed by atoms with Crippen molar-refractivity contribution >= 4 is 25.6 Å². The van der Waals surface area contributed by atoms with Crippen LogP contribution in [0.5, 0.6) is 0 Å². The molecule has 0 aromatic heterocycles. The first-order chi connectivity index (χ1) is 8.75. The number of hydrogen-bond acceptors (Lipinski definition) is 3. The Labute approximate surface area is 118 Å². The van der Waals surface area contributed by atoms with E-state index in [4.69, 9.17) is 10.7 Å². The minimum absolute atomic E-state index is 0.0550. The van der Waals surface area contributed by atoms with Crippen LogP contribution in [-0.4, -0.2) is 32.3 Å². The number of halogens is 1. The molecule has 4 nitrogen and oxygen atoms in total. The molecule has 0 aliphatic heterocycles. The van der Waals surface area contributed by atoms with E-state index in [1.807, 2.05) is 20.8 Å². The molecule has 0 bridgehead atoms. The summed E-state index contributed by atoms with van der Waals surface area (Å²) in [5.74, 6) is 0.169. The Bertz CT molecular complexity index is 555. The van der Waals surface area contributed by atoms with Gasteiger partial charge in [-0.05, 0) is 31.0 Å². The van der Waals surface area contributed by atoms with Gasteiger partial charge in [0.25, 0.3) is 15.0 Å². The maximum absolute atomic E-state index is 12.3. The van der Waals surface area contributed by atoms with Crippen LogP contribution in [0.25, 0.3) is 0 Å². The molecule has 19 heavy (non-hydrogen) atoms. The van der Waals surface area contributed by atoms with Gasteiger partial charge in [0.2, 0.25) is 0 Å². The van der Waals surface area contributed by atoms with Crippen LogP contribution in [0.1, 0.15) is 31.1 Å². The number of rotatable bonds is 5. The summed E-state index contributed by atoms with van der Waals surface area (Å²) in [5, 5.41) is 0. The maximum Gasteiger partial charge on any atom is 0.261 e. The summed E-state index contributed by atoms with van der Waals surface area (Å²) < 4.78 is 22.5. The molecule has 1 aromatic carbocycles. The molecular formula is C13H18ClNO3S. The molecule has 0 spiro atoms. The number of nitrogens with zero attached hydrogens (tertiary/aromatic N) is 1. The monoisotopic (exact) mass is 303 g/mol. The molecule has 6 heteroatoms. The van der Waals surface area contributed by atoms with Gasteiger partial charge < -0.3 is 4.90 Å². The molecule has 106 valence electrons. The average Bonchev–Trinajstić information content (AvgIpc) is 2.34. The average molecular weight is 304 g/mol. The first-order valence-corrected chi connectivity index (χ1v) is 8.40. The molecule has 1 amide bonds. The molecule has 0 N–H and O–H groups in total. The normalized spacial score (nSPS) is 11.6. The first-order valence-electron chi connectivity index (χ1n) is 6.09. The summed E-state index contributed by atoms with van der Waals surface area (Å²) in [5.41, 5.74) is 0.337. The third-order valence-electron chi connectivity index (χ3n) is 2.62. The van der Waals surface area contributed by atoms with E-state index in [0.717, 1.165) is 0 Å². The van der Waals surface area contributed by atoms with E-state index in [0.29, 0.717) is 24.6 Å². The van der Waals surface area contributed by atoms with Gasteiger partial charge in [-0.3, -0.25) is 4.79 Å². The lowest BCUT2D eigenvalue weighted by Crippen LogP contribution is -2.34. The summed E-state index contributed by atoms with van der Waals surface area (Å²) >= 11 is 0. The Morgan fingerprint density at radius 2 is 2.00 bits per heavy atom. The van der Waals surface area contributed by atoms with Crippen LogP contribution in [0, 0.1) is 5.92 Å². The molecule has 0 aliphatic rings. The lowest BCUT2D eigenvalue weighted by atomic mass is 10.1. The van der Waals surface area contributed by atoms with Gasteiger partial charge in [0.1, 0.15) is 0 Å². The van der Waals surface area contributed by atoms with E-state index < -0.39 is 9.05 Å². The van der Waals surface area contributed by atoms with Crippen molar-refractivity contribution in [1.29, 1.82) is 0 Å². The SMILES string of the molecule is CCN(CC(C)C)C(=O)c1cccc(S(=O)(=O)Cl)c1. The number of carbonyl (C=O) groups excluding carboxylic acids is 1. The van der Waals surface area contributed by atoms with Gasteiger partial charge in [0, 0.05) is 29.3 Å². The number of amides is 1. The van der Waals surface area contributed by atoms with Gasteiger partial charge in [0.05, 0.1) is 4.90 Å². The standard InChI is InChI=1S/C13H18ClNO3S/c1-4-15(9-10(2)3)13(16)11-6-5-7-12(8-11)19(14,17)18/h5-8,10H,4,9H2,1-3H3. The largest absolute Gasteiger partial charge is 0.339 e. The van der Waals surface area contributed by atoms with Gasteiger partial charge in [-0.15, -0.1) is 0 Å². The highest BCUT2D eigenvalue weighted by Gasteiger charge is 2.18. The Balaban J connectivity index is 3.06. The van der Waals surface area contributed by atoms with Crippen molar-refractivity contribution in [2.75, 3.05) is 13.1 Å². The lowest BCUT2D eigenvalue weighted by molar-refractivity contribution is 0.0745. The summed E-state index contributed by atoms with van der Waals surface area (Å²) in [7, 11) is 1.47. The van der Waals surface area contributed by atoms with E-state index in [1.165, 1.54) is 18.2 Å². The lowest BCUT2D eigenvalue weighted by Gasteiger charge is -2.23. The third kappa shape index (κ3) is 4.51. The predicted molar refractivity (Wildman–Crippen MR) is 75.9 cm³/mol. The van der Waals surface area contributed by atoms with Gasteiger partial charge in [-0.2, -0.15) is 0 Å². The Kier molecular flexibility index (Phi) is 5.38. The van der Waals surface area contributed by atoms with Crippen LogP contribution in [0.3, 0.4) is 0 Å². The minimum atomic E-state index is -3.81. The fourth-order valence-electron chi connectivity index (χ4n) is 1.76. The number of benzene rings is 1. The smallest absolute Gasteiger partial charge is 0.261 e. The van der Waals surface area contributed by atoms with Crippen molar-refractivity contribution in [2.24, 2.45) is 5.92 Å². The quantitative estimate of drug-likeness (QED) is 0.786. The van der Waals surface area contributed by atoms with E-state index in [2.05, 4.69) is 0 Å². The molecule has 0 saturated heterocycles. The number of carbonyl (C=O) groups is 1. The maximum atomic E-state index is 12.3. The van der Waals surface area contributed by atoms with Crippen LogP contribution in [0.15, 0.2) is 29.2 Å². The molecule has 0 radical (unpaired) electrons. The van der Waals surface area contributed by atoms with Crippen LogP contribution in [0.4, 0.5) is 0 Å². The predicted octanol–water partition coefficient (Wildman–Crippen LogP) is 2.73. The van der Waals surface area contributed by atoms with E-state index in [-0.39, 0.29) is 10.8 Å². The van der Waals surface area contributed by atoms with Crippen molar-refractivity contribution in [3.05, 3.63) is 29.8 Å². The summed E-state index contributed by atoms with van der Waals surface area (Å²) in [6.07, 6.45) is 0. The van der Waals surface area contributed by atoms with Crippen molar-refractivity contribution in [3.8, 4) is 0 Å². The molecule has 0 aliphatic carbocycles. The van der Waals surface area contributed by atoms with Crippen LogP contribution < -0.4 is 0 Å². The molecule has 0 saturated carbocycles. The topological polar surface area (TPSA) is 54.5 Å². The van der Waals surface area contributed by atoms with Crippen molar-refractivity contribution < 1.29 is 13.2 Å². The summed E-state index contributed by atoms with van der Waals surface area (Å²) in [6.45, 7) is 7.15. The Morgan fingerprint density at radius 3 is 2.47 bits per heavy atom. The molecule has 1 rings (SSSR count). The molecule has 0 fully saturated rings. The zero-order chi connectivity index (χ0) is 14.6. The van der Waals surface area contributed by atoms with Gasteiger partial charge in [-0.25, -0.2) is 8.42 Å². The molecular weight excluding hydrogens is 286 g/mol. The first kappa shape index (κ1) is 16.0. The second kappa shape index (κ2) is 6.39. The third-order valence-corrected chi connectivity index (χ3v) is 3.97. The van der Waals surface area contributed by atoms with Crippen LogP contribution in [-0.2, 0) is 9.05 Å². The van der Waals surface area contributed by atoms with E-state index in [9.17, 15) is 13.2 Å². The van der Waals surface area contributed by atoms with Gasteiger partial charge in [-0.1, -0.05) is 19.9 Å². The van der Waals surface area contributed by atoms with Crippen LogP contribution >= 0.6 is 10.7 Å². The van der Waals surface area contributed by atoms with Crippen LogP contribution in [0.2, 0.25) is 0 Å². The van der Waals surface area contributed by atoms with Crippen molar-refractivity contribution in [3.63, 3.8) is 0 Å². The zero-order valence-corrected chi connectivity index (χ0v) is 12.8. The Hall–Kier alpha value is -1.07. The molecule has 0 unspecified atom stereocenters. The van der Waals surface area contributed by atoms with Crippen molar-refractivity contribution in [2.45, 2.75) is 25.7 Å². The van der Waals surface area contributed by atoms with E-state index >= 15 is 0 Å². The van der Waals surface area contributed by atoms with Crippen molar-refractivity contribution in [1.82, 2.24) is 4.90 Å². The second-order valence-electron chi connectivity index (χ2n) is 4.70. The van der Waals surface area contributed by atoms with E-state index in [1.54, 1.807) is 11.0 Å². The molecule has 1 aromatic rings. The zero-order valence-electron chi connectivity index (χ0n) is 11.3. The molecule has 0 atom stereocenters. The van der Waals surface area contributed by atoms with Gasteiger partial charge in [0.15, 0.2) is 0 Å². The highest BCUT2D eigenvalue weighted by molar-refractivity contribution is 8.13.